The number of para-hydroxylation sites is 1. The summed E-state index contributed by atoms with van der Waals surface area (Å²) < 4.78 is 1.66. The largest absolute Gasteiger partial charge is 0.349 e. The molecule has 0 radical (unpaired) electrons. The highest BCUT2D eigenvalue weighted by Gasteiger charge is 2.17. The first-order valence-corrected chi connectivity index (χ1v) is 6.56. The van der Waals surface area contributed by atoms with Gasteiger partial charge in [0.1, 0.15) is 0 Å². The molecular formula is C14H20ClN5O. The Kier molecular flexibility index (Phi) is 6.33. The highest BCUT2D eigenvalue weighted by Crippen LogP contribution is 2.11. The molecule has 0 fully saturated rings. The third-order valence-corrected chi connectivity index (χ3v) is 3.17. The van der Waals surface area contributed by atoms with Crippen molar-refractivity contribution >= 4 is 18.3 Å². The monoisotopic (exact) mass is 309 g/mol. The summed E-state index contributed by atoms with van der Waals surface area (Å²) in [6.07, 6.45) is 0. The summed E-state index contributed by atoms with van der Waals surface area (Å²) in [5.74, 6) is -0.202. The minimum absolute atomic E-state index is 0. The number of aromatic nitrogens is 3. The molecule has 1 atom stereocenters. The summed E-state index contributed by atoms with van der Waals surface area (Å²) in [6.45, 7) is 4.38. The van der Waals surface area contributed by atoms with Gasteiger partial charge >= 0.3 is 0 Å². The van der Waals surface area contributed by atoms with E-state index in [1.165, 1.54) is 0 Å². The number of carbonyl (C=O) groups is 1. The first-order valence-electron chi connectivity index (χ1n) is 6.56. The number of benzene rings is 1. The minimum atomic E-state index is -0.202. The fourth-order valence-electron chi connectivity index (χ4n) is 1.78. The second kappa shape index (κ2) is 7.75. The van der Waals surface area contributed by atoms with E-state index in [0.29, 0.717) is 12.2 Å². The summed E-state index contributed by atoms with van der Waals surface area (Å²) in [5, 5.41) is 13.9. The highest BCUT2D eigenvalue weighted by atomic mass is 35.5. The smallest absolute Gasteiger partial charge is 0.273 e. The Morgan fingerprint density at radius 3 is 2.62 bits per heavy atom. The molecule has 0 saturated heterocycles. The van der Waals surface area contributed by atoms with Crippen LogP contribution < -0.4 is 10.6 Å². The van der Waals surface area contributed by atoms with Crippen molar-refractivity contribution in [1.82, 2.24) is 25.6 Å². The normalized spacial score (nSPS) is 11.6. The molecule has 1 heterocycles. The molecule has 0 aliphatic carbocycles. The quantitative estimate of drug-likeness (QED) is 0.874. The number of likely N-dealkylation sites (N-methyl/N-ethyl adjacent to an activating group) is 1. The van der Waals surface area contributed by atoms with Gasteiger partial charge in [-0.25, -0.2) is 4.68 Å². The maximum absolute atomic E-state index is 12.1. The van der Waals surface area contributed by atoms with Crippen molar-refractivity contribution < 1.29 is 4.79 Å². The zero-order chi connectivity index (χ0) is 14.5. The number of nitrogens with zero attached hydrogens (tertiary/aromatic N) is 3. The first-order chi connectivity index (χ1) is 9.63. The fourth-order valence-corrected chi connectivity index (χ4v) is 1.78. The van der Waals surface area contributed by atoms with Crippen molar-refractivity contribution in [2.24, 2.45) is 0 Å². The van der Waals surface area contributed by atoms with Gasteiger partial charge < -0.3 is 10.6 Å². The standard InChI is InChI=1S/C14H19N5O.ClH/c1-10(15-3)9-16-14(20)13-11(2)19(18-17-13)12-7-5-4-6-8-12;/h4-8,10,15H,9H2,1-3H3,(H,16,20);1H. The average molecular weight is 310 g/mol. The van der Waals surface area contributed by atoms with Gasteiger partial charge in [-0.05, 0) is 33.0 Å². The molecule has 114 valence electrons. The Labute approximate surface area is 130 Å². The van der Waals surface area contributed by atoms with Crippen molar-refractivity contribution in [3.05, 3.63) is 41.7 Å². The number of rotatable bonds is 5. The molecule has 2 aromatic rings. The Morgan fingerprint density at radius 1 is 1.33 bits per heavy atom. The topological polar surface area (TPSA) is 71.8 Å². The molecule has 0 aliphatic heterocycles. The van der Waals surface area contributed by atoms with Crippen molar-refractivity contribution in [2.45, 2.75) is 19.9 Å². The Bertz CT molecular complexity index is 584. The van der Waals surface area contributed by atoms with Gasteiger partial charge in [0.05, 0.1) is 11.4 Å². The molecular weight excluding hydrogens is 290 g/mol. The van der Waals surface area contributed by atoms with E-state index >= 15 is 0 Å². The second-order valence-corrected chi connectivity index (χ2v) is 4.67. The van der Waals surface area contributed by atoms with E-state index in [4.69, 9.17) is 0 Å². The van der Waals surface area contributed by atoms with Crippen LogP contribution in [-0.4, -0.2) is 40.5 Å². The SMILES string of the molecule is CNC(C)CNC(=O)c1nnn(-c2ccccc2)c1C.Cl. The number of hydrogen-bond donors (Lipinski definition) is 2. The van der Waals surface area contributed by atoms with Gasteiger partial charge in [-0.15, -0.1) is 17.5 Å². The molecule has 21 heavy (non-hydrogen) atoms. The van der Waals surface area contributed by atoms with Crippen LogP contribution in [0.15, 0.2) is 30.3 Å². The van der Waals surface area contributed by atoms with Crippen molar-refractivity contribution in [3.63, 3.8) is 0 Å². The van der Waals surface area contributed by atoms with E-state index in [1.807, 2.05) is 51.2 Å². The van der Waals surface area contributed by atoms with Gasteiger partial charge in [0.25, 0.3) is 5.91 Å². The highest BCUT2D eigenvalue weighted by molar-refractivity contribution is 5.93. The molecule has 0 spiro atoms. The van der Waals surface area contributed by atoms with E-state index in [0.717, 1.165) is 11.4 Å². The number of halogens is 1. The lowest BCUT2D eigenvalue weighted by Crippen LogP contribution is -2.37. The van der Waals surface area contributed by atoms with E-state index in [2.05, 4.69) is 20.9 Å². The third kappa shape index (κ3) is 4.03. The van der Waals surface area contributed by atoms with Crippen LogP contribution in [0.25, 0.3) is 5.69 Å². The number of hydrogen-bond acceptors (Lipinski definition) is 4. The number of amides is 1. The molecule has 1 unspecified atom stereocenters. The maximum Gasteiger partial charge on any atom is 0.273 e. The molecule has 0 aliphatic rings. The zero-order valence-corrected chi connectivity index (χ0v) is 13.1. The van der Waals surface area contributed by atoms with Gasteiger partial charge in [-0.2, -0.15) is 0 Å². The summed E-state index contributed by atoms with van der Waals surface area (Å²) in [4.78, 5) is 12.1. The van der Waals surface area contributed by atoms with E-state index in [1.54, 1.807) is 4.68 Å². The van der Waals surface area contributed by atoms with Crippen LogP contribution in [-0.2, 0) is 0 Å². The zero-order valence-electron chi connectivity index (χ0n) is 12.3. The van der Waals surface area contributed by atoms with E-state index in [-0.39, 0.29) is 24.4 Å². The van der Waals surface area contributed by atoms with Crippen LogP contribution >= 0.6 is 12.4 Å². The Balaban J connectivity index is 0.00000220. The fraction of sp³-hybridized carbons (Fsp3) is 0.357. The van der Waals surface area contributed by atoms with Crippen LogP contribution in [0.1, 0.15) is 23.1 Å². The third-order valence-electron chi connectivity index (χ3n) is 3.17. The summed E-state index contributed by atoms with van der Waals surface area (Å²) in [6, 6.07) is 9.83. The molecule has 1 amide bonds. The van der Waals surface area contributed by atoms with Gasteiger partial charge in [0.15, 0.2) is 5.69 Å². The summed E-state index contributed by atoms with van der Waals surface area (Å²) >= 11 is 0. The first kappa shape index (κ1) is 17.1. The van der Waals surface area contributed by atoms with Gasteiger partial charge in [-0.3, -0.25) is 4.79 Å². The van der Waals surface area contributed by atoms with Crippen LogP contribution in [0.2, 0.25) is 0 Å². The van der Waals surface area contributed by atoms with Crippen LogP contribution in [0.4, 0.5) is 0 Å². The van der Waals surface area contributed by atoms with Crippen molar-refractivity contribution in [1.29, 1.82) is 0 Å². The minimum Gasteiger partial charge on any atom is -0.349 e. The summed E-state index contributed by atoms with van der Waals surface area (Å²) in [5.41, 5.74) is 1.98. The van der Waals surface area contributed by atoms with Crippen molar-refractivity contribution in [3.8, 4) is 5.69 Å². The molecule has 2 N–H and O–H groups in total. The van der Waals surface area contributed by atoms with Crippen LogP contribution in [0.5, 0.6) is 0 Å². The molecule has 1 aromatic carbocycles. The molecule has 2 rings (SSSR count). The lowest BCUT2D eigenvalue weighted by atomic mass is 10.2. The molecule has 7 heteroatoms. The Morgan fingerprint density at radius 2 is 2.00 bits per heavy atom. The van der Waals surface area contributed by atoms with Gasteiger partial charge in [0, 0.05) is 12.6 Å². The summed E-state index contributed by atoms with van der Waals surface area (Å²) in [7, 11) is 1.85. The average Bonchev–Trinajstić information content (AvgIpc) is 2.87. The molecule has 0 saturated carbocycles. The van der Waals surface area contributed by atoms with E-state index in [9.17, 15) is 4.79 Å². The van der Waals surface area contributed by atoms with Crippen LogP contribution in [0, 0.1) is 6.92 Å². The molecule has 1 aromatic heterocycles. The lowest BCUT2D eigenvalue weighted by molar-refractivity contribution is 0.0945. The number of carbonyl (C=O) groups excluding carboxylic acids is 1. The van der Waals surface area contributed by atoms with E-state index < -0.39 is 0 Å². The molecule has 0 bridgehead atoms. The van der Waals surface area contributed by atoms with Crippen LogP contribution in [0.3, 0.4) is 0 Å². The lowest BCUT2D eigenvalue weighted by Gasteiger charge is -2.10. The second-order valence-electron chi connectivity index (χ2n) is 4.67. The maximum atomic E-state index is 12.1. The number of nitrogens with one attached hydrogen (secondary N) is 2. The Hall–Kier alpha value is -1.92. The predicted octanol–water partition coefficient (Wildman–Crippen LogP) is 1.34. The van der Waals surface area contributed by atoms with Gasteiger partial charge in [0.2, 0.25) is 0 Å². The van der Waals surface area contributed by atoms with Gasteiger partial charge in [-0.1, -0.05) is 23.4 Å². The molecule has 6 nitrogen and oxygen atoms in total. The predicted molar refractivity (Wildman–Crippen MR) is 84.2 cm³/mol. The van der Waals surface area contributed by atoms with Crippen molar-refractivity contribution in [2.75, 3.05) is 13.6 Å².